The van der Waals surface area contributed by atoms with Crippen LogP contribution in [0.15, 0.2) is 42.5 Å². The molecular formula is C26H34N4O5. The minimum Gasteiger partial charge on any atom is -0.497 e. The van der Waals surface area contributed by atoms with Crippen molar-refractivity contribution in [2.24, 2.45) is 0 Å². The second-order valence-electron chi connectivity index (χ2n) is 8.62. The van der Waals surface area contributed by atoms with E-state index in [1.807, 2.05) is 54.3 Å². The van der Waals surface area contributed by atoms with Gasteiger partial charge in [-0.1, -0.05) is 0 Å². The van der Waals surface area contributed by atoms with E-state index in [0.29, 0.717) is 32.8 Å². The summed E-state index contributed by atoms with van der Waals surface area (Å²) in [5, 5.41) is 0. The quantitative estimate of drug-likeness (QED) is 0.547. The van der Waals surface area contributed by atoms with Crippen molar-refractivity contribution in [3.63, 3.8) is 0 Å². The fourth-order valence-electron chi connectivity index (χ4n) is 4.52. The summed E-state index contributed by atoms with van der Waals surface area (Å²) in [6.45, 7) is 7.26. The van der Waals surface area contributed by atoms with Gasteiger partial charge in [-0.3, -0.25) is 14.6 Å². The Bertz CT molecular complexity index is 1020. The first-order chi connectivity index (χ1) is 17.0. The van der Waals surface area contributed by atoms with Crippen molar-refractivity contribution < 1.29 is 23.8 Å². The summed E-state index contributed by atoms with van der Waals surface area (Å²) >= 11 is 0. The number of carbonyl (C=O) groups is 2. The number of hydrogen-bond donors (Lipinski definition) is 0. The first-order valence-electron chi connectivity index (χ1n) is 12.0. The standard InChI is InChI=1S/C26H34N4O5/c1-4-35-22-7-5-21(6-8-22)30-16-15-29(26(30)32)19-25(31)28-13-11-27(12-14-28)18-20-17-23(33-2)9-10-24(20)34-3/h5-10,17H,4,11-16,18-19H2,1-3H3. The minimum absolute atomic E-state index is 0.00879. The molecule has 0 aromatic heterocycles. The van der Waals surface area contributed by atoms with Crippen molar-refractivity contribution in [1.82, 2.24) is 14.7 Å². The average Bonchev–Trinajstić information content (AvgIpc) is 3.24. The molecular weight excluding hydrogens is 448 g/mol. The first-order valence-corrected chi connectivity index (χ1v) is 12.0. The Hall–Kier alpha value is -3.46. The van der Waals surface area contributed by atoms with Crippen LogP contribution in [-0.4, -0.2) is 93.3 Å². The maximum Gasteiger partial charge on any atom is 0.325 e. The van der Waals surface area contributed by atoms with Crippen molar-refractivity contribution in [3.8, 4) is 17.2 Å². The molecule has 0 N–H and O–H groups in total. The summed E-state index contributed by atoms with van der Waals surface area (Å²) in [7, 11) is 3.32. The molecule has 0 unspecified atom stereocenters. The largest absolute Gasteiger partial charge is 0.497 e. The highest BCUT2D eigenvalue weighted by Gasteiger charge is 2.32. The summed E-state index contributed by atoms with van der Waals surface area (Å²) in [5.74, 6) is 2.39. The third-order valence-corrected chi connectivity index (χ3v) is 6.49. The fraction of sp³-hybridized carbons (Fsp3) is 0.462. The Labute approximate surface area is 206 Å². The predicted octanol–water partition coefficient (Wildman–Crippen LogP) is 2.69. The van der Waals surface area contributed by atoms with Gasteiger partial charge in [0, 0.05) is 57.1 Å². The van der Waals surface area contributed by atoms with Crippen LogP contribution in [0, 0.1) is 0 Å². The molecule has 35 heavy (non-hydrogen) atoms. The van der Waals surface area contributed by atoms with Crippen molar-refractivity contribution in [2.45, 2.75) is 13.5 Å². The van der Waals surface area contributed by atoms with Crippen LogP contribution in [-0.2, 0) is 11.3 Å². The second kappa shape index (κ2) is 11.3. The maximum absolute atomic E-state index is 13.0. The van der Waals surface area contributed by atoms with Gasteiger partial charge in [0.25, 0.3) is 0 Å². The number of piperazine rings is 1. The van der Waals surface area contributed by atoms with Crippen LogP contribution in [0.4, 0.5) is 10.5 Å². The van der Waals surface area contributed by atoms with Crippen molar-refractivity contribution in [1.29, 1.82) is 0 Å². The van der Waals surface area contributed by atoms with Gasteiger partial charge in [0.1, 0.15) is 23.8 Å². The van der Waals surface area contributed by atoms with Crippen LogP contribution in [0.25, 0.3) is 0 Å². The van der Waals surface area contributed by atoms with Gasteiger partial charge in [-0.25, -0.2) is 4.79 Å². The van der Waals surface area contributed by atoms with Crippen LogP contribution in [0.1, 0.15) is 12.5 Å². The highest BCUT2D eigenvalue weighted by atomic mass is 16.5. The topological polar surface area (TPSA) is 74.8 Å². The SMILES string of the molecule is CCOc1ccc(N2CCN(CC(=O)N3CCN(Cc4cc(OC)ccc4OC)CC3)C2=O)cc1. The molecule has 2 aromatic carbocycles. The van der Waals surface area contributed by atoms with Gasteiger partial charge in [0.2, 0.25) is 5.91 Å². The Balaban J connectivity index is 1.27. The number of hydrogen-bond acceptors (Lipinski definition) is 6. The van der Waals surface area contributed by atoms with Gasteiger partial charge >= 0.3 is 6.03 Å². The van der Waals surface area contributed by atoms with Crippen LogP contribution in [0.3, 0.4) is 0 Å². The third kappa shape index (κ3) is 5.79. The van der Waals surface area contributed by atoms with E-state index in [9.17, 15) is 9.59 Å². The highest BCUT2D eigenvalue weighted by Crippen LogP contribution is 2.26. The molecule has 9 nitrogen and oxygen atoms in total. The van der Waals surface area contributed by atoms with E-state index >= 15 is 0 Å². The van der Waals surface area contributed by atoms with Crippen molar-refractivity contribution in [2.75, 3.05) is 71.5 Å². The van der Waals surface area contributed by atoms with Gasteiger partial charge in [-0.05, 0) is 49.4 Å². The Morgan fingerprint density at radius 3 is 2.26 bits per heavy atom. The molecule has 3 amide bonds. The molecule has 2 aliphatic heterocycles. The molecule has 0 spiro atoms. The summed E-state index contributed by atoms with van der Waals surface area (Å²) in [6.07, 6.45) is 0. The molecule has 0 bridgehead atoms. The summed E-state index contributed by atoms with van der Waals surface area (Å²) in [5.41, 5.74) is 1.87. The normalized spacial score (nSPS) is 16.5. The molecule has 0 radical (unpaired) electrons. The van der Waals surface area contributed by atoms with E-state index in [4.69, 9.17) is 14.2 Å². The fourth-order valence-corrected chi connectivity index (χ4v) is 4.52. The lowest BCUT2D eigenvalue weighted by atomic mass is 10.1. The van der Waals surface area contributed by atoms with Gasteiger partial charge in [0.05, 0.1) is 20.8 Å². The van der Waals surface area contributed by atoms with Crippen LogP contribution >= 0.6 is 0 Å². The van der Waals surface area contributed by atoms with E-state index in [2.05, 4.69) is 4.90 Å². The summed E-state index contributed by atoms with van der Waals surface area (Å²) < 4.78 is 16.3. The first kappa shape index (κ1) is 24.7. The number of methoxy groups -OCH3 is 2. The van der Waals surface area contributed by atoms with Crippen LogP contribution in [0.5, 0.6) is 17.2 Å². The van der Waals surface area contributed by atoms with Gasteiger partial charge in [-0.15, -0.1) is 0 Å². The number of anilines is 1. The number of amides is 3. The van der Waals surface area contributed by atoms with E-state index in [1.54, 1.807) is 24.0 Å². The molecule has 188 valence electrons. The number of ether oxygens (including phenoxy) is 3. The molecule has 0 atom stereocenters. The number of benzene rings is 2. The van der Waals surface area contributed by atoms with Gasteiger partial charge in [-0.2, -0.15) is 0 Å². The average molecular weight is 483 g/mol. The lowest BCUT2D eigenvalue weighted by molar-refractivity contribution is -0.133. The minimum atomic E-state index is -0.133. The van der Waals surface area contributed by atoms with Crippen molar-refractivity contribution in [3.05, 3.63) is 48.0 Å². The lowest BCUT2D eigenvalue weighted by Crippen LogP contribution is -2.51. The van der Waals surface area contributed by atoms with Crippen LogP contribution in [0.2, 0.25) is 0 Å². The predicted molar refractivity (Wildman–Crippen MR) is 133 cm³/mol. The number of carbonyl (C=O) groups excluding carboxylic acids is 2. The Morgan fingerprint density at radius 2 is 1.60 bits per heavy atom. The smallest absolute Gasteiger partial charge is 0.325 e. The van der Waals surface area contributed by atoms with E-state index in [1.165, 1.54) is 0 Å². The number of rotatable bonds is 9. The second-order valence-corrected chi connectivity index (χ2v) is 8.62. The van der Waals surface area contributed by atoms with Gasteiger partial charge < -0.3 is 24.0 Å². The number of urea groups is 1. The van der Waals surface area contributed by atoms with E-state index in [-0.39, 0.29) is 18.5 Å². The monoisotopic (exact) mass is 482 g/mol. The summed E-state index contributed by atoms with van der Waals surface area (Å²) in [6, 6.07) is 13.1. The molecule has 2 saturated heterocycles. The molecule has 2 fully saturated rings. The number of nitrogens with zero attached hydrogens (tertiary/aromatic N) is 4. The molecule has 0 aliphatic carbocycles. The zero-order valence-corrected chi connectivity index (χ0v) is 20.7. The molecule has 4 rings (SSSR count). The van der Waals surface area contributed by atoms with Crippen molar-refractivity contribution >= 4 is 17.6 Å². The van der Waals surface area contributed by atoms with E-state index in [0.717, 1.165) is 48.1 Å². The summed E-state index contributed by atoms with van der Waals surface area (Å²) in [4.78, 5) is 33.4. The zero-order valence-electron chi connectivity index (χ0n) is 20.7. The third-order valence-electron chi connectivity index (χ3n) is 6.49. The van der Waals surface area contributed by atoms with E-state index < -0.39 is 0 Å². The Morgan fingerprint density at radius 1 is 0.886 bits per heavy atom. The highest BCUT2D eigenvalue weighted by molar-refractivity contribution is 5.96. The van der Waals surface area contributed by atoms with Crippen LogP contribution < -0.4 is 19.1 Å². The molecule has 0 saturated carbocycles. The maximum atomic E-state index is 13.0. The zero-order chi connectivity index (χ0) is 24.8. The van der Waals surface area contributed by atoms with Gasteiger partial charge in [0.15, 0.2) is 0 Å². The molecule has 2 heterocycles. The lowest BCUT2D eigenvalue weighted by Gasteiger charge is -2.35. The Kier molecular flexibility index (Phi) is 7.97. The molecule has 2 aromatic rings. The molecule has 9 heteroatoms. The molecule has 2 aliphatic rings.